The van der Waals surface area contributed by atoms with E-state index in [4.69, 9.17) is 0 Å². The van der Waals surface area contributed by atoms with Crippen molar-refractivity contribution in [3.05, 3.63) is 0 Å². The Morgan fingerprint density at radius 3 is 2.62 bits per heavy atom. The molecule has 2 fully saturated rings. The Kier molecular flexibility index (Phi) is 2.64. The van der Waals surface area contributed by atoms with Crippen molar-refractivity contribution >= 4 is 0 Å². The lowest BCUT2D eigenvalue weighted by molar-refractivity contribution is 0.160. The minimum absolute atomic E-state index is 0.630. The minimum atomic E-state index is 0.630. The van der Waals surface area contributed by atoms with Gasteiger partial charge in [0, 0.05) is 6.04 Å². The molecule has 1 nitrogen and oxygen atoms in total. The molecule has 76 valence electrons. The summed E-state index contributed by atoms with van der Waals surface area (Å²) >= 11 is 0. The smallest absolute Gasteiger partial charge is 0.0121 e. The van der Waals surface area contributed by atoms with Crippen LogP contribution in [0.5, 0.6) is 0 Å². The van der Waals surface area contributed by atoms with E-state index >= 15 is 0 Å². The molecular formula is C12H23N. The summed E-state index contributed by atoms with van der Waals surface area (Å²) in [6.07, 6.45) is 8.68. The van der Waals surface area contributed by atoms with Gasteiger partial charge in [0.05, 0.1) is 0 Å². The van der Waals surface area contributed by atoms with E-state index in [2.05, 4.69) is 19.2 Å². The van der Waals surface area contributed by atoms with Gasteiger partial charge in [-0.15, -0.1) is 0 Å². The third kappa shape index (κ3) is 1.52. The second-order valence-corrected chi connectivity index (χ2v) is 5.15. The van der Waals surface area contributed by atoms with Crippen molar-refractivity contribution in [2.45, 2.75) is 58.4 Å². The zero-order valence-electron chi connectivity index (χ0n) is 9.10. The van der Waals surface area contributed by atoms with E-state index in [-0.39, 0.29) is 0 Å². The predicted octanol–water partition coefficient (Wildman–Crippen LogP) is 2.95. The Labute approximate surface area is 82.3 Å². The van der Waals surface area contributed by atoms with Gasteiger partial charge >= 0.3 is 0 Å². The lowest BCUT2D eigenvalue weighted by atomic mass is 9.70. The fraction of sp³-hybridized carbons (Fsp3) is 1.00. The molecule has 13 heavy (non-hydrogen) atoms. The number of nitrogens with one attached hydrogen (secondary N) is 1. The van der Waals surface area contributed by atoms with E-state index in [0.717, 1.165) is 12.0 Å². The van der Waals surface area contributed by atoms with Gasteiger partial charge < -0.3 is 5.32 Å². The van der Waals surface area contributed by atoms with Crippen molar-refractivity contribution in [1.82, 2.24) is 5.32 Å². The van der Waals surface area contributed by atoms with Crippen LogP contribution in [0.2, 0.25) is 0 Å². The fourth-order valence-electron chi connectivity index (χ4n) is 3.61. The van der Waals surface area contributed by atoms with Crippen molar-refractivity contribution in [3.8, 4) is 0 Å². The van der Waals surface area contributed by atoms with Crippen LogP contribution in [0.4, 0.5) is 0 Å². The highest BCUT2D eigenvalue weighted by Gasteiger charge is 2.44. The standard InChI is InChI=1S/C12H23N/c1-3-11-12(2,8-9-13-11)10-6-4-5-7-10/h10-11,13H,3-9H2,1-2H3. The molecule has 1 saturated carbocycles. The zero-order chi connectivity index (χ0) is 9.31. The molecule has 1 aliphatic carbocycles. The van der Waals surface area contributed by atoms with E-state index in [0.29, 0.717) is 5.41 Å². The highest BCUT2D eigenvalue weighted by Crippen LogP contribution is 2.47. The molecule has 1 heterocycles. The summed E-state index contributed by atoms with van der Waals surface area (Å²) < 4.78 is 0. The van der Waals surface area contributed by atoms with Crippen molar-refractivity contribution in [2.75, 3.05) is 6.54 Å². The Morgan fingerprint density at radius 2 is 2.00 bits per heavy atom. The molecule has 2 rings (SSSR count). The maximum atomic E-state index is 3.67. The first-order valence-corrected chi connectivity index (χ1v) is 6.00. The SMILES string of the molecule is CCC1NCCC1(C)C1CCCC1. The molecular weight excluding hydrogens is 158 g/mol. The molecule has 0 amide bonds. The summed E-state index contributed by atoms with van der Waals surface area (Å²) in [5.41, 5.74) is 0.630. The summed E-state index contributed by atoms with van der Waals surface area (Å²) in [5.74, 6) is 1.02. The van der Waals surface area contributed by atoms with Crippen LogP contribution in [0, 0.1) is 11.3 Å². The largest absolute Gasteiger partial charge is 0.313 e. The van der Waals surface area contributed by atoms with Gasteiger partial charge in [-0.3, -0.25) is 0 Å². The monoisotopic (exact) mass is 181 g/mol. The van der Waals surface area contributed by atoms with Crippen LogP contribution < -0.4 is 5.32 Å². The van der Waals surface area contributed by atoms with Gasteiger partial charge in [0.2, 0.25) is 0 Å². The minimum Gasteiger partial charge on any atom is -0.313 e. The highest BCUT2D eigenvalue weighted by molar-refractivity contribution is 4.98. The molecule has 0 aromatic rings. The molecule has 2 atom stereocenters. The summed E-state index contributed by atoms with van der Waals surface area (Å²) in [4.78, 5) is 0. The van der Waals surface area contributed by atoms with E-state index < -0.39 is 0 Å². The molecule has 0 aromatic carbocycles. The molecule has 1 heteroatoms. The molecule has 2 aliphatic rings. The molecule has 0 aromatic heterocycles. The lowest BCUT2D eigenvalue weighted by Gasteiger charge is -2.36. The normalized spacial score (nSPS) is 41.5. The van der Waals surface area contributed by atoms with Gasteiger partial charge in [-0.05, 0) is 43.6 Å². The first-order chi connectivity index (χ1) is 6.27. The highest BCUT2D eigenvalue weighted by atomic mass is 15.0. The van der Waals surface area contributed by atoms with Gasteiger partial charge in [-0.1, -0.05) is 26.7 Å². The molecule has 2 unspecified atom stereocenters. The molecule has 1 N–H and O–H groups in total. The van der Waals surface area contributed by atoms with Gasteiger partial charge in [0.25, 0.3) is 0 Å². The topological polar surface area (TPSA) is 12.0 Å². The van der Waals surface area contributed by atoms with Crippen LogP contribution in [-0.2, 0) is 0 Å². The number of hydrogen-bond acceptors (Lipinski definition) is 1. The van der Waals surface area contributed by atoms with Crippen LogP contribution >= 0.6 is 0 Å². The predicted molar refractivity (Wildman–Crippen MR) is 56.8 cm³/mol. The lowest BCUT2D eigenvalue weighted by Crippen LogP contribution is -2.38. The van der Waals surface area contributed by atoms with Crippen LogP contribution in [0.1, 0.15) is 52.4 Å². The van der Waals surface area contributed by atoms with E-state index in [9.17, 15) is 0 Å². The molecule has 1 aliphatic heterocycles. The van der Waals surface area contributed by atoms with E-state index in [1.807, 2.05) is 0 Å². The summed E-state index contributed by atoms with van der Waals surface area (Å²) in [6, 6.07) is 0.801. The zero-order valence-corrected chi connectivity index (χ0v) is 9.10. The van der Waals surface area contributed by atoms with Gasteiger partial charge in [0.15, 0.2) is 0 Å². The van der Waals surface area contributed by atoms with Crippen molar-refractivity contribution in [3.63, 3.8) is 0 Å². The van der Waals surface area contributed by atoms with Crippen LogP contribution in [0.15, 0.2) is 0 Å². The van der Waals surface area contributed by atoms with Crippen molar-refractivity contribution in [1.29, 1.82) is 0 Å². The first kappa shape index (κ1) is 9.51. The average molecular weight is 181 g/mol. The third-order valence-corrected chi connectivity index (χ3v) is 4.55. The average Bonchev–Trinajstić information content (AvgIpc) is 2.72. The first-order valence-electron chi connectivity index (χ1n) is 6.00. The Bertz CT molecular complexity index is 172. The van der Waals surface area contributed by atoms with Crippen LogP contribution in [0.25, 0.3) is 0 Å². The number of hydrogen-bond donors (Lipinski definition) is 1. The third-order valence-electron chi connectivity index (χ3n) is 4.55. The fourth-order valence-corrected chi connectivity index (χ4v) is 3.61. The number of rotatable bonds is 2. The summed E-state index contributed by atoms with van der Waals surface area (Å²) in [6.45, 7) is 6.11. The quantitative estimate of drug-likeness (QED) is 0.690. The molecule has 1 saturated heterocycles. The van der Waals surface area contributed by atoms with Crippen molar-refractivity contribution < 1.29 is 0 Å². The molecule has 0 bridgehead atoms. The van der Waals surface area contributed by atoms with Crippen LogP contribution in [0.3, 0.4) is 0 Å². The van der Waals surface area contributed by atoms with Crippen molar-refractivity contribution in [2.24, 2.45) is 11.3 Å². The molecule has 0 spiro atoms. The van der Waals surface area contributed by atoms with E-state index in [1.54, 1.807) is 0 Å². The van der Waals surface area contributed by atoms with Gasteiger partial charge in [-0.25, -0.2) is 0 Å². The second kappa shape index (κ2) is 3.61. The van der Waals surface area contributed by atoms with Gasteiger partial charge in [0.1, 0.15) is 0 Å². The Morgan fingerprint density at radius 1 is 1.31 bits per heavy atom. The molecule has 0 radical (unpaired) electrons. The Balaban J connectivity index is 2.07. The summed E-state index contributed by atoms with van der Waals surface area (Å²) in [5, 5.41) is 3.67. The Hall–Kier alpha value is -0.0400. The van der Waals surface area contributed by atoms with Crippen LogP contribution in [-0.4, -0.2) is 12.6 Å². The maximum absolute atomic E-state index is 3.67. The van der Waals surface area contributed by atoms with E-state index in [1.165, 1.54) is 45.1 Å². The second-order valence-electron chi connectivity index (χ2n) is 5.15. The summed E-state index contributed by atoms with van der Waals surface area (Å²) in [7, 11) is 0. The maximum Gasteiger partial charge on any atom is 0.0121 e. The van der Waals surface area contributed by atoms with Gasteiger partial charge in [-0.2, -0.15) is 0 Å².